The molecule has 8 nitrogen and oxygen atoms in total. The van der Waals surface area contributed by atoms with Gasteiger partial charge in [-0.1, -0.05) is 11.3 Å². The number of aryl methyl sites for hydroxylation is 1. The second-order valence-corrected chi connectivity index (χ2v) is 6.11. The van der Waals surface area contributed by atoms with Gasteiger partial charge in [-0.2, -0.15) is 14.6 Å². The molecule has 0 aliphatic carbocycles. The van der Waals surface area contributed by atoms with Gasteiger partial charge in [0.05, 0.1) is 7.11 Å². The lowest BCUT2D eigenvalue weighted by atomic mass is 10.1. The van der Waals surface area contributed by atoms with Gasteiger partial charge in [0.25, 0.3) is 11.1 Å². The lowest BCUT2D eigenvalue weighted by Gasteiger charge is -2.10. The highest BCUT2D eigenvalue weighted by molar-refractivity contribution is 7.19. The molecule has 0 aliphatic heterocycles. The van der Waals surface area contributed by atoms with Crippen LogP contribution in [0.15, 0.2) is 33.9 Å². The summed E-state index contributed by atoms with van der Waals surface area (Å²) in [6, 6.07) is 6.29. The minimum atomic E-state index is -0.476. The van der Waals surface area contributed by atoms with Crippen LogP contribution in [0.2, 0.25) is 0 Å². The maximum atomic E-state index is 12.3. The third-order valence-corrected chi connectivity index (χ3v) is 4.32. The number of fused-ring (bicyclic) bond motifs is 1. The van der Waals surface area contributed by atoms with Crippen LogP contribution in [0.4, 0.5) is 0 Å². The van der Waals surface area contributed by atoms with Gasteiger partial charge in [0.15, 0.2) is 11.5 Å². The number of benzene rings is 1. The second-order valence-electron chi connectivity index (χ2n) is 5.10. The topological polar surface area (TPSA) is 99.9 Å². The number of carbonyl (C=O) groups excluding carboxylic acids is 1. The largest absolute Gasteiger partial charge is 0.493 e. The smallest absolute Gasteiger partial charge is 0.308 e. The number of hydrogen-bond acceptors (Lipinski definition) is 8. The summed E-state index contributed by atoms with van der Waals surface area (Å²) in [5, 5.41) is 3.95. The molecule has 0 atom stereocenters. The molecule has 0 N–H and O–H groups in total. The number of nitrogens with zero attached hydrogens (tertiary/aromatic N) is 3. The number of esters is 1. The van der Waals surface area contributed by atoms with E-state index in [1.807, 2.05) is 0 Å². The zero-order chi connectivity index (χ0) is 18.1. The summed E-state index contributed by atoms with van der Waals surface area (Å²) in [5.41, 5.74) is -0.0629. The van der Waals surface area contributed by atoms with Crippen molar-refractivity contribution in [2.75, 3.05) is 7.11 Å². The summed E-state index contributed by atoms with van der Waals surface area (Å²) in [5.74, 6) is 0.157. The first-order chi connectivity index (χ1) is 11.9. The zero-order valence-corrected chi connectivity index (χ0v) is 14.4. The lowest BCUT2D eigenvalue weighted by molar-refractivity contribution is -0.132. The number of hydrogen-bond donors (Lipinski definition) is 0. The van der Waals surface area contributed by atoms with E-state index in [1.54, 1.807) is 18.2 Å². The van der Waals surface area contributed by atoms with E-state index in [-0.39, 0.29) is 16.4 Å². The highest BCUT2D eigenvalue weighted by Gasteiger charge is 2.12. The predicted molar refractivity (Wildman–Crippen MR) is 91.4 cm³/mol. The van der Waals surface area contributed by atoms with E-state index < -0.39 is 17.1 Å². The van der Waals surface area contributed by atoms with Gasteiger partial charge in [-0.15, -0.1) is 0 Å². The summed E-state index contributed by atoms with van der Waals surface area (Å²) >= 11 is 1.14. The first kappa shape index (κ1) is 16.8. The van der Waals surface area contributed by atoms with Crippen molar-refractivity contribution in [2.24, 2.45) is 0 Å². The molecule has 0 unspecified atom stereocenters. The summed E-state index contributed by atoms with van der Waals surface area (Å²) in [4.78, 5) is 39.7. The summed E-state index contributed by atoms with van der Waals surface area (Å²) in [7, 11) is 1.45. The van der Waals surface area contributed by atoms with E-state index in [9.17, 15) is 14.4 Å². The van der Waals surface area contributed by atoms with Crippen molar-refractivity contribution in [1.29, 1.82) is 0 Å². The van der Waals surface area contributed by atoms with Crippen LogP contribution >= 0.6 is 11.3 Å². The lowest BCUT2D eigenvalue weighted by Crippen LogP contribution is -2.23. The number of methoxy groups -OCH3 is 1. The average Bonchev–Trinajstić information content (AvgIpc) is 2.56. The molecule has 9 heteroatoms. The van der Waals surface area contributed by atoms with Gasteiger partial charge >= 0.3 is 5.97 Å². The van der Waals surface area contributed by atoms with Gasteiger partial charge < -0.3 is 9.47 Å². The van der Waals surface area contributed by atoms with Gasteiger partial charge in [-0.25, -0.2) is 0 Å². The van der Waals surface area contributed by atoms with Crippen molar-refractivity contribution in [2.45, 2.75) is 13.8 Å². The quantitative estimate of drug-likeness (QED) is 0.515. The van der Waals surface area contributed by atoms with Crippen LogP contribution in [0.1, 0.15) is 12.6 Å². The molecule has 0 spiro atoms. The Morgan fingerprint density at radius 1 is 1.20 bits per heavy atom. The summed E-state index contributed by atoms with van der Waals surface area (Å²) < 4.78 is 11.4. The molecule has 0 radical (unpaired) electrons. The van der Waals surface area contributed by atoms with Crippen molar-refractivity contribution in [3.05, 3.63) is 50.7 Å². The molecule has 0 bridgehead atoms. The van der Waals surface area contributed by atoms with Gasteiger partial charge in [-0.05, 0) is 30.7 Å². The highest BCUT2D eigenvalue weighted by atomic mass is 32.1. The van der Waals surface area contributed by atoms with E-state index >= 15 is 0 Å². The van der Waals surface area contributed by atoms with Crippen LogP contribution < -0.4 is 20.6 Å². The molecule has 3 aromatic rings. The molecule has 0 saturated carbocycles. The van der Waals surface area contributed by atoms with Crippen molar-refractivity contribution < 1.29 is 14.3 Å². The van der Waals surface area contributed by atoms with Crippen LogP contribution in [0.3, 0.4) is 0 Å². The van der Waals surface area contributed by atoms with Crippen molar-refractivity contribution >= 4 is 22.3 Å². The fourth-order valence-electron chi connectivity index (χ4n) is 2.16. The van der Waals surface area contributed by atoms with E-state index in [0.29, 0.717) is 16.2 Å². The van der Waals surface area contributed by atoms with Gasteiger partial charge in [0, 0.05) is 17.9 Å². The Morgan fingerprint density at radius 3 is 2.64 bits per heavy atom. The maximum absolute atomic E-state index is 12.3. The van der Waals surface area contributed by atoms with Gasteiger partial charge in [0.1, 0.15) is 5.69 Å². The molecule has 0 fully saturated rings. The van der Waals surface area contributed by atoms with Gasteiger partial charge in [-0.3, -0.25) is 14.4 Å². The highest BCUT2D eigenvalue weighted by Crippen LogP contribution is 2.34. The van der Waals surface area contributed by atoms with Crippen LogP contribution in [0.5, 0.6) is 11.5 Å². The monoisotopic (exact) mass is 359 g/mol. The third kappa shape index (κ3) is 3.26. The second kappa shape index (κ2) is 6.44. The average molecular weight is 359 g/mol. The Morgan fingerprint density at radius 2 is 1.96 bits per heavy atom. The van der Waals surface area contributed by atoms with Gasteiger partial charge in [0.2, 0.25) is 4.96 Å². The first-order valence-corrected chi connectivity index (χ1v) is 7.99. The maximum Gasteiger partial charge on any atom is 0.308 e. The fraction of sp³-hybridized carbons (Fsp3) is 0.188. The Labute approximate surface area is 145 Å². The molecular formula is C16H13N3O5S. The standard InChI is InChI=1S/C16H13N3O5S/c1-8-15(22)17-16-19(18-8)14(21)7-13(25-16)10-4-5-11(24-9(2)20)12(6-10)23-3/h4-7H,1-3H3. The Hall–Kier alpha value is -3.07. The van der Waals surface area contributed by atoms with Crippen LogP contribution in [-0.4, -0.2) is 27.7 Å². The number of rotatable bonds is 3. The number of ether oxygens (including phenoxy) is 2. The molecule has 128 valence electrons. The summed E-state index contributed by atoms with van der Waals surface area (Å²) in [6.45, 7) is 2.79. The molecule has 2 heterocycles. The SMILES string of the molecule is COc1cc(-c2cc(=O)n3nc(C)c(=O)nc3s2)ccc1OC(C)=O. The van der Waals surface area contributed by atoms with Crippen molar-refractivity contribution in [3.63, 3.8) is 0 Å². The Kier molecular flexibility index (Phi) is 4.32. The van der Waals surface area contributed by atoms with Crippen molar-refractivity contribution in [1.82, 2.24) is 14.6 Å². The third-order valence-electron chi connectivity index (χ3n) is 3.30. The molecule has 3 rings (SSSR count). The predicted octanol–water partition coefficient (Wildman–Crippen LogP) is 1.42. The van der Waals surface area contributed by atoms with E-state index in [2.05, 4.69) is 10.1 Å². The number of carbonyl (C=O) groups is 1. The van der Waals surface area contributed by atoms with E-state index in [4.69, 9.17) is 9.47 Å². The molecular weight excluding hydrogens is 346 g/mol. The molecule has 1 aromatic carbocycles. The minimum absolute atomic E-state index is 0.155. The molecule has 0 saturated heterocycles. The number of aromatic nitrogens is 3. The normalized spacial score (nSPS) is 10.7. The van der Waals surface area contributed by atoms with Crippen molar-refractivity contribution in [3.8, 4) is 21.9 Å². The van der Waals surface area contributed by atoms with E-state index in [0.717, 1.165) is 15.9 Å². The van der Waals surface area contributed by atoms with Crippen LogP contribution in [-0.2, 0) is 4.79 Å². The minimum Gasteiger partial charge on any atom is -0.493 e. The fourth-order valence-corrected chi connectivity index (χ4v) is 3.11. The molecule has 0 amide bonds. The van der Waals surface area contributed by atoms with Crippen LogP contribution in [0.25, 0.3) is 15.4 Å². The Balaban J connectivity index is 2.16. The van der Waals surface area contributed by atoms with Crippen LogP contribution in [0, 0.1) is 6.92 Å². The molecule has 0 aliphatic rings. The molecule has 2 aromatic heterocycles. The van der Waals surface area contributed by atoms with E-state index in [1.165, 1.54) is 27.0 Å². The Bertz CT molecular complexity index is 1100. The molecule has 25 heavy (non-hydrogen) atoms. The first-order valence-electron chi connectivity index (χ1n) is 7.17. The zero-order valence-electron chi connectivity index (χ0n) is 13.6. The summed E-state index contributed by atoms with van der Waals surface area (Å²) in [6.07, 6.45) is 0.